The smallest absolute Gasteiger partial charge is 0.00576 e. The van der Waals surface area contributed by atoms with Gasteiger partial charge in [-0.3, -0.25) is 0 Å². The van der Waals surface area contributed by atoms with Gasteiger partial charge in [-0.2, -0.15) is 0 Å². The van der Waals surface area contributed by atoms with E-state index in [9.17, 15) is 0 Å². The van der Waals surface area contributed by atoms with E-state index in [1.807, 2.05) is 6.92 Å². The molecule has 4 heavy (non-hydrogen) atoms. The summed E-state index contributed by atoms with van der Waals surface area (Å²) in [5.74, 6) is 2.43. The first kappa shape index (κ1) is 1.84. The fraction of sp³-hybridized carbons (Fsp3) is 0.500. The van der Waals surface area contributed by atoms with Crippen LogP contribution in [0.4, 0.5) is 0 Å². The lowest BCUT2D eigenvalue weighted by Gasteiger charge is -1.52. The molecule has 0 spiro atoms. The van der Waals surface area contributed by atoms with E-state index in [0.717, 1.165) is 6.42 Å². The summed E-state index contributed by atoms with van der Waals surface area (Å²) in [7, 11) is 0. The van der Waals surface area contributed by atoms with Crippen LogP contribution in [0.5, 0.6) is 0 Å². The summed E-state index contributed by atoms with van der Waals surface area (Å²) >= 11 is 0. The van der Waals surface area contributed by atoms with Crippen molar-refractivity contribution in [3.63, 3.8) is 0 Å². The molecule has 0 aliphatic carbocycles. The minimum absolute atomic E-state index is 0.847. The summed E-state index contributed by atoms with van der Waals surface area (Å²) in [6.07, 6.45) is 5.62. The molecule has 0 fully saturated rings. The molecule has 0 aromatic carbocycles. The number of hydrogen-bond acceptors (Lipinski definition) is 0. The van der Waals surface area contributed by atoms with Gasteiger partial charge in [0.2, 0.25) is 0 Å². The molecule has 0 atom stereocenters. The van der Waals surface area contributed by atoms with Gasteiger partial charge < -0.3 is 0 Å². The average Bonchev–Trinajstić information content (AvgIpc) is 1.72. The highest BCUT2D eigenvalue weighted by Gasteiger charge is 1.43. The van der Waals surface area contributed by atoms with Crippen LogP contribution in [0.2, 0.25) is 0 Å². The van der Waals surface area contributed by atoms with Crippen LogP contribution in [0.1, 0.15) is 16.3 Å². The topological polar surface area (TPSA) is 0 Å². The Morgan fingerprint density at radius 1 is 2.50 bits per heavy atom. The zero-order valence-electron chi connectivity index (χ0n) is 4.78. The van der Waals surface area contributed by atoms with Crippen molar-refractivity contribution >= 4 is 0 Å². The lowest BCUT2D eigenvalue weighted by Crippen LogP contribution is -1.38. The quantitative estimate of drug-likeness (QED) is 0.369. The zero-order valence-corrected chi connectivity index (χ0v) is 2.78. The van der Waals surface area contributed by atoms with E-state index in [1.165, 1.54) is 0 Å². The summed E-state index contributed by atoms with van der Waals surface area (Å²) in [5.41, 5.74) is 0. The Labute approximate surface area is 29.9 Å². The fourth-order valence-electron chi connectivity index (χ4n) is 0. The lowest BCUT2D eigenvalue weighted by molar-refractivity contribution is 1.28. The molecule has 0 N–H and O–H groups in total. The molecular weight excluding hydrogens is 48.0 g/mol. The van der Waals surface area contributed by atoms with Gasteiger partial charge in [0.1, 0.15) is 0 Å². The molecular formula is C4H8. The Morgan fingerprint density at radius 3 is 2.75 bits per heavy atom. The molecule has 0 amide bonds. The number of terminal acetylenes is 1. The van der Waals surface area contributed by atoms with Gasteiger partial charge in [0.15, 0.2) is 0 Å². The van der Waals surface area contributed by atoms with Crippen molar-refractivity contribution in [3.05, 3.63) is 0 Å². The second-order valence-electron chi connectivity index (χ2n) is 0.558. The van der Waals surface area contributed by atoms with Crippen LogP contribution < -0.4 is 0 Å². The maximum atomic E-state index is 5.00. The highest BCUT2D eigenvalue weighted by Crippen LogP contribution is 1.58. The maximum absolute atomic E-state index is 5.00. The molecule has 0 aliphatic rings. The van der Waals surface area contributed by atoms with Crippen LogP contribution in [0, 0.1) is 12.3 Å². The molecule has 0 aromatic rings. The van der Waals surface area contributed by atoms with E-state index in [0.29, 0.717) is 0 Å². The van der Waals surface area contributed by atoms with Gasteiger partial charge in [0.05, 0.1) is 0 Å². The highest BCUT2D eigenvalue weighted by molar-refractivity contribution is 4.80. The molecule has 0 rings (SSSR count). The first-order chi connectivity index (χ1) is 2.91. The van der Waals surface area contributed by atoms with E-state index >= 15 is 0 Å². The summed E-state index contributed by atoms with van der Waals surface area (Å²) in [6, 6.07) is 0. The Balaban J connectivity index is 0. The van der Waals surface area contributed by atoms with Crippen molar-refractivity contribution < 1.29 is 2.97 Å². The fourth-order valence-corrected chi connectivity index (χ4v) is 0. The van der Waals surface area contributed by atoms with Gasteiger partial charge in [-0.1, -0.05) is 6.92 Å². The SMILES string of the molecule is C#CCC.[3H][3H]. The van der Waals surface area contributed by atoms with E-state index in [2.05, 4.69) is 5.92 Å². The molecule has 24 valence electrons. The lowest BCUT2D eigenvalue weighted by atomic mass is 10.5. The Bertz CT molecular complexity index is 35.3. The zero-order chi connectivity index (χ0) is 5.41. The summed E-state index contributed by atoms with van der Waals surface area (Å²) in [4.78, 5) is 0. The van der Waals surface area contributed by atoms with Gasteiger partial charge in [-0.15, -0.1) is 12.3 Å². The molecule has 0 unspecified atom stereocenters. The minimum atomic E-state index is 0.847. The van der Waals surface area contributed by atoms with Gasteiger partial charge in [-0.05, 0) is 0 Å². The standard InChI is InChI=1S/C4H6.H2/c1-3-4-2;/h1H,4H2,2H3;1H/i;1+2T. The maximum Gasteiger partial charge on any atom is 0.00576 e. The molecule has 0 saturated heterocycles. The van der Waals surface area contributed by atoms with E-state index in [-0.39, 0.29) is 0 Å². The highest BCUT2D eigenvalue weighted by atomic mass is 13.5. The van der Waals surface area contributed by atoms with Crippen LogP contribution in [0.3, 0.4) is 0 Å². The third-order valence-electron chi connectivity index (χ3n) is 0.204. The van der Waals surface area contributed by atoms with Crippen LogP contribution in [0.15, 0.2) is 0 Å². The van der Waals surface area contributed by atoms with E-state index in [1.54, 1.807) is 0 Å². The van der Waals surface area contributed by atoms with Gasteiger partial charge in [0.25, 0.3) is 0 Å². The average molecular weight is 60.1 g/mol. The third-order valence-corrected chi connectivity index (χ3v) is 0.204. The molecule has 0 bridgehead atoms. The van der Waals surface area contributed by atoms with Gasteiger partial charge in [-0.25, -0.2) is 0 Å². The second-order valence-corrected chi connectivity index (χ2v) is 0.558. The summed E-state index contributed by atoms with van der Waals surface area (Å²) < 4.78 is 10.0. The Hall–Kier alpha value is -0.440. The Morgan fingerprint density at radius 2 is 2.75 bits per heavy atom. The second kappa shape index (κ2) is 2.56. The van der Waals surface area contributed by atoms with Crippen LogP contribution in [-0.2, 0) is 0 Å². The molecule has 0 aromatic heterocycles. The molecule has 0 heterocycles. The monoisotopic (exact) mass is 60.1 g/mol. The van der Waals surface area contributed by atoms with Crippen molar-refractivity contribution in [2.45, 2.75) is 13.3 Å². The van der Waals surface area contributed by atoms with Gasteiger partial charge >= 0.3 is 0 Å². The molecule has 0 saturated carbocycles. The van der Waals surface area contributed by atoms with Crippen LogP contribution >= 0.6 is 0 Å². The predicted molar refractivity (Wildman–Crippen MR) is 21.2 cm³/mol. The van der Waals surface area contributed by atoms with E-state index < -0.39 is 0 Å². The molecule has 0 heteroatoms. The normalized spacial score (nSPS) is 7.00. The Kier molecular flexibility index (Phi) is 1.18. The first-order valence-corrected chi connectivity index (χ1v) is 1.35. The first-order valence-electron chi connectivity index (χ1n) is 2.35. The largest absolute Gasteiger partial charge is 0.120 e. The van der Waals surface area contributed by atoms with Crippen LogP contribution in [-0.4, -0.2) is 0 Å². The molecule has 0 radical (unpaired) electrons. The van der Waals surface area contributed by atoms with Crippen molar-refractivity contribution in [2.75, 3.05) is 0 Å². The van der Waals surface area contributed by atoms with Crippen LogP contribution in [0.25, 0.3) is 0 Å². The van der Waals surface area contributed by atoms with Gasteiger partial charge in [0, 0.05) is 9.39 Å². The summed E-state index contributed by atoms with van der Waals surface area (Å²) in [5, 5.41) is 0. The van der Waals surface area contributed by atoms with Crippen molar-refractivity contribution in [1.82, 2.24) is 0 Å². The van der Waals surface area contributed by atoms with Crippen molar-refractivity contribution in [2.24, 2.45) is 0 Å². The minimum Gasteiger partial charge on any atom is -0.120 e. The molecule has 0 nitrogen and oxygen atoms in total. The number of rotatable bonds is 0. The third kappa shape index (κ3) is 1.56. The van der Waals surface area contributed by atoms with Crippen molar-refractivity contribution in [1.29, 1.82) is 0 Å². The predicted octanol–water partition coefficient (Wildman–Crippen LogP) is 1.28. The number of hydrogen-bond donors (Lipinski definition) is 0. The van der Waals surface area contributed by atoms with Crippen molar-refractivity contribution in [3.8, 4) is 12.3 Å². The molecule has 0 aliphatic heterocycles. The summed E-state index contributed by atoms with van der Waals surface area (Å²) in [6.45, 7) is 1.94. The van der Waals surface area contributed by atoms with E-state index in [4.69, 9.17) is 9.39 Å².